The lowest BCUT2D eigenvalue weighted by Crippen LogP contribution is -2.64. The summed E-state index contributed by atoms with van der Waals surface area (Å²) in [6, 6.07) is 6.75. The van der Waals surface area contributed by atoms with E-state index < -0.39 is 0 Å². The predicted molar refractivity (Wildman–Crippen MR) is 106 cm³/mol. The SMILES string of the molecule is C[C@]12CC[C@@H]3c4ccc(O)cc4CC[C@H]3[C@@H]1CC[C@@]21C[C@@H]([C@H]2CCCN2)O1. The van der Waals surface area contributed by atoms with Crippen LogP contribution in [0.1, 0.15) is 75.3 Å². The first-order valence-electron chi connectivity index (χ1n) is 11.3. The molecule has 7 atom stereocenters. The molecule has 4 fully saturated rings. The van der Waals surface area contributed by atoms with E-state index in [1.54, 1.807) is 0 Å². The third-order valence-corrected chi connectivity index (χ3v) is 9.45. The Morgan fingerprint density at radius 3 is 2.85 bits per heavy atom. The van der Waals surface area contributed by atoms with Crippen molar-refractivity contribution >= 4 is 0 Å². The van der Waals surface area contributed by atoms with Crippen LogP contribution in [-0.2, 0) is 11.2 Å². The molecule has 2 N–H and O–H groups in total. The number of benzene rings is 1. The highest BCUT2D eigenvalue weighted by Gasteiger charge is 2.67. The lowest BCUT2D eigenvalue weighted by Gasteiger charge is -2.61. The molecule has 27 heavy (non-hydrogen) atoms. The molecule has 5 aliphatic rings. The van der Waals surface area contributed by atoms with Gasteiger partial charge in [0.15, 0.2) is 0 Å². The van der Waals surface area contributed by atoms with Gasteiger partial charge >= 0.3 is 0 Å². The number of rotatable bonds is 1. The average Bonchev–Trinajstić information content (AvgIpc) is 3.25. The van der Waals surface area contributed by atoms with E-state index >= 15 is 0 Å². The summed E-state index contributed by atoms with van der Waals surface area (Å²) in [5, 5.41) is 13.5. The van der Waals surface area contributed by atoms with Crippen molar-refractivity contribution < 1.29 is 9.84 Å². The maximum atomic E-state index is 9.88. The highest BCUT2D eigenvalue weighted by molar-refractivity contribution is 5.40. The Morgan fingerprint density at radius 1 is 1.15 bits per heavy atom. The Kier molecular flexibility index (Phi) is 3.58. The highest BCUT2D eigenvalue weighted by atomic mass is 16.5. The maximum Gasteiger partial charge on any atom is 0.115 e. The summed E-state index contributed by atoms with van der Waals surface area (Å²) < 4.78 is 6.81. The highest BCUT2D eigenvalue weighted by Crippen LogP contribution is 2.69. The van der Waals surface area contributed by atoms with E-state index in [1.807, 2.05) is 12.1 Å². The van der Waals surface area contributed by atoms with Crippen LogP contribution in [-0.4, -0.2) is 29.4 Å². The predicted octanol–water partition coefficient (Wildman–Crippen LogP) is 4.53. The fraction of sp³-hybridized carbons (Fsp3) is 0.750. The molecule has 0 bridgehead atoms. The number of phenols is 1. The molecule has 0 radical (unpaired) electrons. The van der Waals surface area contributed by atoms with Gasteiger partial charge in [0.25, 0.3) is 0 Å². The van der Waals surface area contributed by atoms with Gasteiger partial charge in [-0.2, -0.15) is 0 Å². The zero-order valence-electron chi connectivity index (χ0n) is 16.5. The summed E-state index contributed by atoms with van der Waals surface area (Å²) >= 11 is 0. The molecule has 2 heterocycles. The molecule has 3 heteroatoms. The van der Waals surface area contributed by atoms with E-state index in [2.05, 4.69) is 18.3 Å². The van der Waals surface area contributed by atoms with Crippen molar-refractivity contribution in [3.05, 3.63) is 29.3 Å². The average molecular weight is 368 g/mol. The van der Waals surface area contributed by atoms with Crippen LogP contribution < -0.4 is 5.32 Å². The molecule has 2 saturated carbocycles. The van der Waals surface area contributed by atoms with Crippen molar-refractivity contribution in [2.75, 3.05) is 6.54 Å². The first kappa shape index (κ1) is 16.9. The summed E-state index contributed by atoms with van der Waals surface area (Å²) in [6.07, 6.45) is 12.1. The second-order valence-electron chi connectivity index (χ2n) is 10.4. The Balaban J connectivity index is 1.25. The summed E-state index contributed by atoms with van der Waals surface area (Å²) in [4.78, 5) is 0. The summed E-state index contributed by atoms with van der Waals surface area (Å²) in [5.74, 6) is 2.76. The van der Waals surface area contributed by atoms with Crippen LogP contribution in [0.4, 0.5) is 0 Å². The Bertz CT molecular complexity index is 749. The Labute approximate surface area is 162 Å². The van der Waals surface area contributed by atoms with Crippen LogP contribution >= 0.6 is 0 Å². The van der Waals surface area contributed by atoms with Gasteiger partial charge in [0.05, 0.1) is 11.7 Å². The van der Waals surface area contributed by atoms with Gasteiger partial charge in [0, 0.05) is 12.5 Å². The van der Waals surface area contributed by atoms with Crippen molar-refractivity contribution in [3.63, 3.8) is 0 Å². The number of hydrogen-bond acceptors (Lipinski definition) is 3. The van der Waals surface area contributed by atoms with Crippen LogP contribution in [0.3, 0.4) is 0 Å². The first-order chi connectivity index (χ1) is 13.1. The monoisotopic (exact) mass is 367 g/mol. The van der Waals surface area contributed by atoms with Gasteiger partial charge in [-0.05, 0) is 104 Å². The molecule has 6 rings (SSSR count). The van der Waals surface area contributed by atoms with E-state index in [0.29, 0.717) is 29.2 Å². The van der Waals surface area contributed by atoms with Crippen LogP contribution in [0.2, 0.25) is 0 Å². The number of aryl methyl sites for hydroxylation is 1. The third kappa shape index (κ3) is 2.22. The molecule has 146 valence electrons. The van der Waals surface area contributed by atoms with Crippen molar-refractivity contribution in [2.45, 2.75) is 88.4 Å². The second-order valence-corrected chi connectivity index (χ2v) is 10.4. The summed E-state index contributed by atoms with van der Waals surface area (Å²) in [5.41, 5.74) is 3.49. The summed E-state index contributed by atoms with van der Waals surface area (Å²) in [6.45, 7) is 3.75. The Morgan fingerprint density at radius 2 is 2.04 bits per heavy atom. The van der Waals surface area contributed by atoms with Gasteiger partial charge in [-0.15, -0.1) is 0 Å². The molecule has 0 unspecified atom stereocenters. The minimum atomic E-state index is 0.173. The van der Waals surface area contributed by atoms with Gasteiger partial charge in [-0.3, -0.25) is 0 Å². The van der Waals surface area contributed by atoms with Gasteiger partial charge in [-0.1, -0.05) is 13.0 Å². The van der Waals surface area contributed by atoms with Crippen LogP contribution in [0.15, 0.2) is 18.2 Å². The molecular weight excluding hydrogens is 334 g/mol. The van der Waals surface area contributed by atoms with Gasteiger partial charge in [0.1, 0.15) is 5.75 Å². The normalized spacial score (nSPS) is 48.0. The van der Waals surface area contributed by atoms with E-state index in [1.165, 1.54) is 69.0 Å². The lowest BCUT2D eigenvalue weighted by molar-refractivity contribution is -0.270. The van der Waals surface area contributed by atoms with E-state index in [4.69, 9.17) is 4.74 Å². The standard InChI is InChI=1S/C24H33NO2/c1-23-10-8-18-17-7-5-16(26)13-15(17)4-6-19(18)20(23)9-11-24(23)14-22(27-24)21-3-2-12-25-21/h5,7,13,18-22,25-26H,2-4,6,8-12,14H2,1H3/t18-,19-,20+,21-,22+,23+,24-/m1/s1. The van der Waals surface area contributed by atoms with E-state index in [0.717, 1.165) is 18.3 Å². The zero-order valence-corrected chi connectivity index (χ0v) is 16.5. The third-order valence-electron chi connectivity index (χ3n) is 9.45. The number of ether oxygens (including phenoxy) is 1. The van der Waals surface area contributed by atoms with Crippen LogP contribution in [0, 0.1) is 17.3 Å². The molecule has 1 aromatic carbocycles. The number of hydrogen-bond donors (Lipinski definition) is 2. The molecule has 0 amide bonds. The van der Waals surface area contributed by atoms with Gasteiger partial charge in [0.2, 0.25) is 0 Å². The topological polar surface area (TPSA) is 41.5 Å². The quantitative estimate of drug-likeness (QED) is 0.766. The molecule has 3 nitrogen and oxygen atoms in total. The van der Waals surface area contributed by atoms with Gasteiger partial charge in [-0.25, -0.2) is 0 Å². The van der Waals surface area contributed by atoms with Crippen molar-refractivity contribution in [1.82, 2.24) is 5.32 Å². The van der Waals surface area contributed by atoms with Crippen LogP contribution in [0.5, 0.6) is 5.75 Å². The number of aromatic hydroxyl groups is 1. The smallest absolute Gasteiger partial charge is 0.115 e. The first-order valence-corrected chi connectivity index (χ1v) is 11.3. The molecule has 1 aromatic rings. The molecular formula is C24H33NO2. The fourth-order valence-corrected chi connectivity index (χ4v) is 8.05. The largest absolute Gasteiger partial charge is 0.508 e. The number of fused-ring (bicyclic) bond motifs is 6. The maximum absolute atomic E-state index is 9.88. The molecule has 0 aromatic heterocycles. The van der Waals surface area contributed by atoms with Crippen molar-refractivity contribution in [1.29, 1.82) is 0 Å². The minimum Gasteiger partial charge on any atom is -0.508 e. The Hall–Kier alpha value is -1.06. The van der Waals surface area contributed by atoms with E-state index in [-0.39, 0.29) is 5.60 Å². The number of nitrogens with one attached hydrogen (secondary N) is 1. The van der Waals surface area contributed by atoms with Crippen molar-refractivity contribution in [2.24, 2.45) is 17.3 Å². The summed E-state index contributed by atoms with van der Waals surface area (Å²) in [7, 11) is 0. The minimum absolute atomic E-state index is 0.173. The zero-order chi connectivity index (χ0) is 18.2. The molecule has 2 aliphatic heterocycles. The second kappa shape index (κ2) is 5.73. The molecule has 1 spiro atoms. The fourth-order valence-electron chi connectivity index (χ4n) is 8.05. The van der Waals surface area contributed by atoms with E-state index in [9.17, 15) is 5.11 Å². The van der Waals surface area contributed by atoms with Crippen molar-refractivity contribution in [3.8, 4) is 5.75 Å². The van der Waals surface area contributed by atoms with Gasteiger partial charge < -0.3 is 15.2 Å². The molecule has 3 aliphatic carbocycles. The van der Waals surface area contributed by atoms with Crippen LogP contribution in [0.25, 0.3) is 0 Å². The lowest BCUT2D eigenvalue weighted by atomic mass is 9.52. The molecule has 2 saturated heterocycles. The number of phenolic OH excluding ortho intramolecular Hbond substituents is 1.